The molecular weight excluding hydrogens is 276 g/mol. The van der Waals surface area contributed by atoms with E-state index >= 15 is 0 Å². The van der Waals surface area contributed by atoms with Crippen LogP contribution in [0, 0.1) is 0 Å². The highest BCUT2D eigenvalue weighted by Gasteiger charge is 2.08. The van der Waals surface area contributed by atoms with Gasteiger partial charge in [0.2, 0.25) is 0 Å². The highest BCUT2D eigenvalue weighted by atomic mass is 32.1. The molecule has 0 aliphatic carbocycles. The molecule has 2 aromatic heterocycles. The van der Waals surface area contributed by atoms with Crippen molar-refractivity contribution in [3.8, 4) is 0 Å². The number of carboxylic acids is 1. The Morgan fingerprint density at radius 3 is 2.80 bits per heavy atom. The lowest BCUT2D eigenvalue weighted by Gasteiger charge is -2.03. The van der Waals surface area contributed by atoms with Crippen LogP contribution in [0.1, 0.15) is 15.5 Å². The van der Waals surface area contributed by atoms with Gasteiger partial charge in [-0.2, -0.15) is 0 Å². The van der Waals surface area contributed by atoms with E-state index in [1.807, 2.05) is 24.3 Å². The fraction of sp³-hybridized carbons (Fsp3) is 0.0769. The van der Waals surface area contributed by atoms with Gasteiger partial charge in [-0.3, -0.25) is 4.98 Å². The maximum Gasteiger partial charge on any atom is 0.355 e. The summed E-state index contributed by atoms with van der Waals surface area (Å²) in [5.74, 6) is -0.381. The first-order valence-corrected chi connectivity index (χ1v) is 6.74. The molecular formula is C13H10N4O2S. The van der Waals surface area contributed by atoms with Crippen molar-refractivity contribution < 1.29 is 9.90 Å². The SMILES string of the molecule is O=C(O)c1csc(CNc2cnc3ccccc3n2)n1. The summed E-state index contributed by atoms with van der Waals surface area (Å²) < 4.78 is 0. The van der Waals surface area contributed by atoms with Crippen LogP contribution in [0.5, 0.6) is 0 Å². The predicted molar refractivity (Wildman–Crippen MR) is 75.9 cm³/mol. The third-order valence-corrected chi connectivity index (χ3v) is 3.49. The molecule has 100 valence electrons. The highest BCUT2D eigenvalue weighted by Crippen LogP contribution is 2.14. The van der Waals surface area contributed by atoms with Gasteiger partial charge in [-0.05, 0) is 12.1 Å². The summed E-state index contributed by atoms with van der Waals surface area (Å²) in [6.07, 6.45) is 1.65. The lowest BCUT2D eigenvalue weighted by Crippen LogP contribution is -2.03. The normalized spacial score (nSPS) is 10.6. The molecule has 0 saturated heterocycles. The number of hydrogen-bond acceptors (Lipinski definition) is 6. The first-order valence-electron chi connectivity index (χ1n) is 5.86. The minimum atomic E-state index is -1.02. The Hall–Kier alpha value is -2.54. The van der Waals surface area contributed by atoms with E-state index in [2.05, 4.69) is 20.3 Å². The molecule has 2 N–H and O–H groups in total. The number of carbonyl (C=O) groups is 1. The largest absolute Gasteiger partial charge is 0.476 e. The smallest absolute Gasteiger partial charge is 0.355 e. The number of carboxylic acid groups (broad SMARTS) is 1. The second kappa shape index (κ2) is 5.22. The van der Waals surface area contributed by atoms with Gasteiger partial charge in [0.25, 0.3) is 0 Å². The van der Waals surface area contributed by atoms with Gasteiger partial charge in [0, 0.05) is 5.38 Å². The summed E-state index contributed by atoms with van der Waals surface area (Å²) in [6, 6.07) is 7.60. The number of para-hydroxylation sites is 2. The molecule has 0 aliphatic rings. The van der Waals surface area contributed by atoms with E-state index in [1.165, 1.54) is 16.7 Å². The first-order chi connectivity index (χ1) is 9.72. The molecule has 0 bridgehead atoms. The Morgan fingerprint density at radius 2 is 2.05 bits per heavy atom. The van der Waals surface area contributed by atoms with Crippen LogP contribution in [0.15, 0.2) is 35.8 Å². The summed E-state index contributed by atoms with van der Waals surface area (Å²) >= 11 is 1.30. The summed E-state index contributed by atoms with van der Waals surface area (Å²) in [7, 11) is 0. The van der Waals surface area contributed by atoms with E-state index < -0.39 is 5.97 Å². The number of nitrogens with zero attached hydrogens (tertiary/aromatic N) is 3. The van der Waals surface area contributed by atoms with Crippen molar-refractivity contribution in [3.63, 3.8) is 0 Å². The number of hydrogen-bond donors (Lipinski definition) is 2. The van der Waals surface area contributed by atoms with Crippen molar-refractivity contribution in [2.75, 3.05) is 5.32 Å². The van der Waals surface area contributed by atoms with Crippen LogP contribution in [0.2, 0.25) is 0 Å². The molecule has 0 saturated carbocycles. The lowest BCUT2D eigenvalue weighted by molar-refractivity contribution is 0.0691. The van der Waals surface area contributed by atoms with Crippen LogP contribution in [-0.2, 0) is 6.54 Å². The minimum Gasteiger partial charge on any atom is -0.476 e. The Balaban J connectivity index is 1.74. The van der Waals surface area contributed by atoms with E-state index in [0.717, 1.165) is 11.0 Å². The highest BCUT2D eigenvalue weighted by molar-refractivity contribution is 7.09. The zero-order valence-corrected chi connectivity index (χ0v) is 11.1. The van der Waals surface area contributed by atoms with E-state index in [9.17, 15) is 4.79 Å². The fourth-order valence-electron chi connectivity index (χ4n) is 1.70. The number of aromatic carboxylic acids is 1. The van der Waals surface area contributed by atoms with E-state index in [0.29, 0.717) is 17.4 Å². The van der Waals surface area contributed by atoms with E-state index in [-0.39, 0.29) is 5.69 Å². The maximum absolute atomic E-state index is 10.7. The Bertz CT molecular complexity index is 772. The van der Waals surface area contributed by atoms with Crippen LogP contribution >= 0.6 is 11.3 Å². The van der Waals surface area contributed by atoms with Crippen molar-refractivity contribution in [2.45, 2.75) is 6.54 Å². The molecule has 0 unspecified atom stereocenters. The average molecular weight is 286 g/mol. The third kappa shape index (κ3) is 2.57. The van der Waals surface area contributed by atoms with Gasteiger partial charge in [0.15, 0.2) is 5.69 Å². The number of rotatable bonds is 4. The van der Waals surface area contributed by atoms with Crippen molar-refractivity contribution in [1.82, 2.24) is 15.0 Å². The summed E-state index contributed by atoms with van der Waals surface area (Å²) in [5.41, 5.74) is 1.71. The second-order valence-corrected chi connectivity index (χ2v) is 4.97. The molecule has 20 heavy (non-hydrogen) atoms. The van der Waals surface area contributed by atoms with Crippen LogP contribution in [0.25, 0.3) is 11.0 Å². The minimum absolute atomic E-state index is 0.0661. The van der Waals surface area contributed by atoms with Crippen LogP contribution in [0.3, 0.4) is 0 Å². The number of thiazole rings is 1. The Kier molecular flexibility index (Phi) is 3.26. The van der Waals surface area contributed by atoms with E-state index in [4.69, 9.17) is 5.11 Å². The predicted octanol–water partition coefficient (Wildman–Crippen LogP) is 2.40. The van der Waals surface area contributed by atoms with Crippen molar-refractivity contribution in [1.29, 1.82) is 0 Å². The van der Waals surface area contributed by atoms with E-state index in [1.54, 1.807) is 6.20 Å². The molecule has 0 amide bonds. The quantitative estimate of drug-likeness (QED) is 0.765. The zero-order valence-electron chi connectivity index (χ0n) is 10.3. The molecule has 6 nitrogen and oxygen atoms in total. The summed E-state index contributed by atoms with van der Waals surface area (Å²) in [6.45, 7) is 0.422. The summed E-state index contributed by atoms with van der Waals surface area (Å²) in [5, 5.41) is 14.1. The van der Waals surface area contributed by atoms with Gasteiger partial charge in [0.1, 0.15) is 10.8 Å². The molecule has 3 aromatic rings. The number of anilines is 1. The molecule has 1 aromatic carbocycles. The van der Waals surface area contributed by atoms with Gasteiger partial charge in [-0.1, -0.05) is 12.1 Å². The summed E-state index contributed by atoms with van der Waals surface area (Å²) in [4.78, 5) is 23.4. The fourth-order valence-corrected chi connectivity index (χ4v) is 2.41. The first kappa shape index (κ1) is 12.5. The van der Waals surface area contributed by atoms with Crippen LogP contribution in [-0.4, -0.2) is 26.0 Å². The molecule has 3 rings (SSSR count). The molecule has 0 atom stereocenters. The Labute approximate surface area is 118 Å². The van der Waals surface area contributed by atoms with Crippen molar-refractivity contribution >= 4 is 34.2 Å². The van der Waals surface area contributed by atoms with Gasteiger partial charge < -0.3 is 10.4 Å². The number of nitrogens with one attached hydrogen (secondary N) is 1. The van der Waals surface area contributed by atoms with Gasteiger partial charge in [-0.15, -0.1) is 11.3 Å². The molecule has 0 radical (unpaired) electrons. The standard InChI is InChI=1S/C13H10N4O2S/c18-13(19)10-7-20-12(17-10)6-15-11-5-14-8-3-1-2-4-9(8)16-11/h1-5,7H,6H2,(H,15,16)(H,18,19). The molecule has 0 aliphatic heterocycles. The van der Waals surface area contributed by atoms with Crippen LogP contribution < -0.4 is 5.32 Å². The number of fused-ring (bicyclic) bond motifs is 1. The van der Waals surface area contributed by atoms with Gasteiger partial charge >= 0.3 is 5.97 Å². The van der Waals surface area contributed by atoms with Crippen LogP contribution in [0.4, 0.5) is 5.82 Å². The number of benzene rings is 1. The molecule has 7 heteroatoms. The second-order valence-electron chi connectivity index (χ2n) is 4.03. The molecule has 0 spiro atoms. The number of aromatic nitrogens is 3. The van der Waals surface area contributed by atoms with Crippen molar-refractivity contribution in [3.05, 3.63) is 46.5 Å². The van der Waals surface area contributed by atoms with Crippen molar-refractivity contribution in [2.24, 2.45) is 0 Å². The lowest BCUT2D eigenvalue weighted by atomic mass is 10.3. The molecule has 2 heterocycles. The zero-order chi connectivity index (χ0) is 13.9. The Morgan fingerprint density at radius 1 is 1.25 bits per heavy atom. The molecule has 0 fully saturated rings. The third-order valence-electron chi connectivity index (χ3n) is 2.64. The average Bonchev–Trinajstić information content (AvgIpc) is 2.94. The topological polar surface area (TPSA) is 88.0 Å². The monoisotopic (exact) mass is 286 g/mol. The van der Waals surface area contributed by atoms with Gasteiger partial charge in [0.05, 0.1) is 23.8 Å². The van der Waals surface area contributed by atoms with Gasteiger partial charge in [-0.25, -0.2) is 14.8 Å². The maximum atomic E-state index is 10.7.